The Hall–Kier alpha value is 0.846. The normalized spacial score (nSPS) is 8.62. The third-order valence-electron chi connectivity index (χ3n) is 0.490. The molecular weight excluding hydrogens is 131 g/mol. The Balaban J connectivity index is 0. The zero-order valence-electron chi connectivity index (χ0n) is 5.18. The minimum Gasteiger partial charge on any atom is -0.545 e. The van der Waals surface area contributed by atoms with E-state index in [1.807, 2.05) is 6.92 Å². The molecule has 0 radical (unpaired) electrons. The maximum absolute atomic E-state index is 9.56. The standard InChI is InChI=1S/C5H8O2.K/c1-2-3-4-5(6)7;/h3-4H,2H2,1H3,(H,6,7);/q;+1/p-1. The van der Waals surface area contributed by atoms with Crippen LogP contribution in [0.3, 0.4) is 0 Å². The van der Waals surface area contributed by atoms with Gasteiger partial charge in [0, 0.05) is 0 Å². The van der Waals surface area contributed by atoms with Crippen LogP contribution in [-0.2, 0) is 4.79 Å². The quantitative estimate of drug-likeness (QED) is 0.296. The minimum atomic E-state index is -1.12. The predicted molar refractivity (Wildman–Crippen MR) is 24.4 cm³/mol. The van der Waals surface area contributed by atoms with Crippen molar-refractivity contribution in [1.29, 1.82) is 0 Å². The first-order chi connectivity index (χ1) is 3.27. The van der Waals surface area contributed by atoms with E-state index < -0.39 is 5.97 Å². The van der Waals surface area contributed by atoms with Gasteiger partial charge < -0.3 is 9.90 Å². The Morgan fingerprint density at radius 2 is 2.25 bits per heavy atom. The summed E-state index contributed by atoms with van der Waals surface area (Å²) in [6, 6.07) is 0. The van der Waals surface area contributed by atoms with Gasteiger partial charge in [0.1, 0.15) is 0 Å². The van der Waals surface area contributed by atoms with Gasteiger partial charge in [-0.25, -0.2) is 0 Å². The minimum absolute atomic E-state index is 0. The van der Waals surface area contributed by atoms with Crippen molar-refractivity contribution in [2.24, 2.45) is 0 Å². The Morgan fingerprint density at radius 1 is 1.75 bits per heavy atom. The summed E-state index contributed by atoms with van der Waals surface area (Å²) in [7, 11) is 0. The molecule has 3 heteroatoms. The van der Waals surface area contributed by atoms with Gasteiger partial charge in [-0.2, -0.15) is 0 Å². The SMILES string of the molecule is CCC=CC(=O)[O-].[K+]. The fourth-order valence-corrected chi connectivity index (χ4v) is 0.214. The molecule has 0 rings (SSSR count). The second kappa shape index (κ2) is 7.85. The average Bonchev–Trinajstić information content (AvgIpc) is 1.61. The molecule has 0 N–H and O–H groups in total. The van der Waals surface area contributed by atoms with Crippen molar-refractivity contribution in [2.75, 3.05) is 0 Å². The molecule has 0 aliphatic carbocycles. The zero-order valence-corrected chi connectivity index (χ0v) is 8.30. The fraction of sp³-hybridized carbons (Fsp3) is 0.400. The summed E-state index contributed by atoms with van der Waals surface area (Å²) >= 11 is 0. The molecule has 0 heterocycles. The van der Waals surface area contributed by atoms with Crippen LogP contribution in [0.15, 0.2) is 12.2 Å². The Labute approximate surface area is 91.4 Å². The first-order valence-corrected chi connectivity index (χ1v) is 2.15. The number of allylic oxidation sites excluding steroid dienone is 1. The van der Waals surface area contributed by atoms with Gasteiger partial charge in [0.25, 0.3) is 0 Å². The van der Waals surface area contributed by atoms with Crippen LogP contribution >= 0.6 is 0 Å². The molecule has 0 bridgehead atoms. The summed E-state index contributed by atoms with van der Waals surface area (Å²) in [5.74, 6) is -1.12. The van der Waals surface area contributed by atoms with Gasteiger partial charge in [-0.15, -0.1) is 0 Å². The molecule has 0 fully saturated rings. The molecule has 2 nitrogen and oxygen atoms in total. The smallest absolute Gasteiger partial charge is 0.545 e. The number of aliphatic carboxylic acids is 1. The van der Waals surface area contributed by atoms with E-state index in [1.54, 1.807) is 0 Å². The molecule has 0 aromatic rings. The molecule has 0 saturated carbocycles. The van der Waals surface area contributed by atoms with Gasteiger partial charge >= 0.3 is 51.4 Å². The van der Waals surface area contributed by atoms with Crippen LogP contribution in [0.5, 0.6) is 0 Å². The van der Waals surface area contributed by atoms with Crippen LogP contribution in [-0.4, -0.2) is 5.97 Å². The van der Waals surface area contributed by atoms with Crippen LogP contribution in [0.1, 0.15) is 13.3 Å². The molecule has 40 valence electrons. The van der Waals surface area contributed by atoms with E-state index in [9.17, 15) is 9.90 Å². The van der Waals surface area contributed by atoms with Gasteiger partial charge in [-0.1, -0.05) is 13.0 Å². The molecule has 0 amide bonds. The summed E-state index contributed by atoms with van der Waals surface area (Å²) in [6.07, 6.45) is 3.31. The van der Waals surface area contributed by atoms with Crippen molar-refractivity contribution >= 4 is 5.97 Å². The second-order valence-electron chi connectivity index (χ2n) is 1.13. The molecular formula is C5H7KO2. The molecule has 0 aliphatic heterocycles. The first kappa shape index (κ1) is 11.6. The zero-order chi connectivity index (χ0) is 5.70. The van der Waals surface area contributed by atoms with Crippen molar-refractivity contribution < 1.29 is 61.3 Å². The van der Waals surface area contributed by atoms with Crippen molar-refractivity contribution in [3.63, 3.8) is 0 Å². The number of carboxylic acids is 1. The van der Waals surface area contributed by atoms with Crippen LogP contribution in [0.4, 0.5) is 0 Å². The molecule has 0 saturated heterocycles. The van der Waals surface area contributed by atoms with Crippen molar-refractivity contribution in [3.05, 3.63) is 12.2 Å². The Bertz CT molecular complexity index is 88.4. The number of rotatable bonds is 2. The molecule has 8 heavy (non-hydrogen) atoms. The largest absolute Gasteiger partial charge is 1.00 e. The van der Waals surface area contributed by atoms with Gasteiger partial charge in [-0.05, 0) is 12.5 Å². The average molecular weight is 138 g/mol. The van der Waals surface area contributed by atoms with Crippen molar-refractivity contribution in [2.45, 2.75) is 13.3 Å². The van der Waals surface area contributed by atoms with Crippen LogP contribution < -0.4 is 56.5 Å². The van der Waals surface area contributed by atoms with Crippen molar-refractivity contribution in [3.8, 4) is 0 Å². The van der Waals surface area contributed by atoms with E-state index in [1.165, 1.54) is 6.08 Å². The number of hydrogen-bond donors (Lipinski definition) is 0. The van der Waals surface area contributed by atoms with E-state index in [0.717, 1.165) is 12.5 Å². The molecule has 0 atom stereocenters. The fourth-order valence-electron chi connectivity index (χ4n) is 0.214. The van der Waals surface area contributed by atoms with Gasteiger partial charge in [0.05, 0.1) is 5.97 Å². The summed E-state index contributed by atoms with van der Waals surface area (Å²) in [5.41, 5.74) is 0. The number of carboxylic acid groups (broad SMARTS) is 1. The second-order valence-corrected chi connectivity index (χ2v) is 1.13. The number of carbonyl (C=O) groups excluding carboxylic acids is 1. The maximum atomic E-state index is 9.56. The molecule has 0 aliphatic rings. The van der Waals surface area contributed by atoms with E-state index in [-0.39, 0.29) is 51.4 Å². The monoisotopic (exact) mass is 138 g/mol. The summed E-state index contributed by atoms with van der Waals surface area (Å²) in [6.45, 7) is 1.86. The summed E-state index contributed by atoms with van der Waals surface area (Å²) < 4.78 is 0. The van der Waals surface area contributed by atoms with Crippen LogP contribution in [0.2, 0.25) is 0 Å². The van der Waals surface area contributed by atoms with Crippen LogP contribution in [0, 0.1) is 0 Å². The van der Waals surface area contributed by atoms with E-state index in [2.05, 4.69) is 0 Å². The Morgan fingerprint density at radius 3 is 2.38 bits per heavy atom. The molecule has 0 unspecified atom stereocenters. The van der Waals surface area contributed by atoms with Gasteiger partial charge in [0.2, 0.25) is 0 Å². The molecule has 0 spiro atoms. The predicted octanol–water partition coefficient (Wildman–Crippen LogP) is -3.29. The summed E-state index contributed by atoms with van der Waals surface area (Å²) in [4.78, 5) is 9.56. The van der Waals surface area contributed by atoms with Crippen molar-refractivity contribution in [1.82, 2.24) is 0 Å². The van der Waals surface area contributed by atoms with E-state index in [4.69, 9.17) is 0 Å². The third-order valence-corrected chi connectivity index (χ3v) is 0.490. The molecule has 0 aromatic heterocycles. The van der Waals surface area contributed by atoms with Gasteiger partial charge in [-0.3, -0.25) is 0 Å². The topological polar surface area (TPSA) is 40.1 Å². The number of carbonyl (C=O) groups is 1. The first-order valence-electron chi connectivity index (χ1n) is 2.15. The van der Waals surface area contributed by atoms with E-state index >= 15 is 0 Å². The van der Waals surface area contributed by atoms with Gasteiger partial charge in [0.15, 0.2) is 0 Å². The Kier molecular flexibility index (Phi) is 11.4. The van der Waals surface area contributed by atoms with Crippen LogP contribution in [0.25, 0.3) is 0 Å². The van der Waals surface area contributed by atoms with E-state index in [0.29, 0.717) is 0 Å². The third kappa shape index (κ3) is 9.96. The number of hydrogen-bond acceptors (Lipinski definition) is 2. The summed E-state index contributed by atoms with van der Waals surface area (Å²) in [5, 5.41) is 9.56. The molecule has 0 aromatic carbocycles. The maximum Gasteiger partial charge on any atom is 1.00 e.